The molecule has 126 valence electrons. The zero-order chi connectivity index (χ0) is 17.8. The first-order chi connectivity index (χ1) is 12.1. The summed E-state index contributed by atoms with van der Waals surface area (Å²) in [7, 11) is 0. The lowest BCUT2D eigenvalue weighted by Crippen LogP contribution is -2.14. The molecule has 0 fully saturated rings. The number of carbonyl (C=O) groups is 1. The molecule has 1 aromatic carbocycles. The maximum atomic E-state index is 12.1. The van der Waals surface area contributed by atoms with Crippen molar-refractivity contribution in [2.24, 2.45) is 0 Å². The van der Waals surface area contributed by atoms with E-state index in [1.807, 2.05) is 32.0 Å². The molecule has 3 rings (SSSR count). The molecule has 0 unspecified atom stereocenters. The van der Waals surface area contributed by atoms with E-state index in [-0.39, 0.29) is 11.7 Å². The molecule has 9 heteroatoms. The number of aromatic nitrogens is 4. The monoisotopic (exact) mass is 370 g/mol. The van der Waals surface area contributed by atoms with Gasteiger partial charge >= 0.3 is 0 Å². The van der Waals surface area contributed by atoms with Crippen molar-refractivity contribution in [2.75, 3.05) is 11.1 Å². The van der Waals surface area contributed by atoms with E-state index in [1.165, 1.54) is 23.1 Å². The largest absolute Gasteiger partial charge is 0.316 e. The van der Waals surface area contributed by atoms with Crippen LogP contribution in [0.25, 0.3) is 5.69 Å². The molecule has 1 amide bonds. The van der Waals surface area contributed by atoms with Crippen LogP contribution >= 0.6 is 23.1 Å². The van der Waals surface area contributed by atoms with Crippen LogP contribution in [0.5, 0.6) is 0 Å². The van der Waals surface area contributed by atoms with Crippen molar-refractivity contribution >= 4 is 34.0 Å². The van der Waals surface area contributed by atoms with E-state index in [1.54, 1.807) is 16.1 Å². The molecule has 0 atom stereocenters. The Hall–Kier alpha value is -2.70. The van der Waals surface area contributed by atoms with E-state index in [0.29, 0.717) is 15.7 Å². The van der Waals surface area contributed by atoms with Gasteiger partial charge in [-0.15, -0.1) is 16.4 Å². The van der Waals surface area contributed by atoms with E-state index in [0.717, 1.165) is 16.8 Å². The second kappa shape index (κ2) is 7.46. The molecule has 7 nitrogen and oxygen atoms in total. The van der Waals surface area contributed by atoms with Crippen molar-refractivity contribution in [1.82, 2.24) is 20.2 Å². The van der Waals surface area contributed by atoms with Gasteiger partial charge in [-0.1, -0.05) is 29.5 Å². The van der Waals surface area contributed by atoms with Crippen LogP contribution in [0, 0.1) is 25.2 Å². The summed E-state index contributed by atoms with van der Waals surface area (Å²) in [5, 5.41) is 26.3. The lowest BCUT2D eigenvalue weighted by Gasteiger charge is -2.08. The Balaban J connectivity index is 1.70. The summed E-state index contributed by atoms with van der Waals surface area (Å²) in [5.41, 5.74) is 3.55. The quantitative estimate of drug-likeness (QED) is 0.694. The highest BCUT2D eigenvalue weighted by Gasteiger charge is 2.14. The van der Waals surface area contributed by atoms with Gasteiger partial charge in [-0.25, -0.2) is 0 Å². The van der Waals surface area contributed by atoms with Gasteiger partial charge in [-0.2, -0.15) is 9.94 Å². The molecule has 0 aliphatic carbocycles. The van der Waals surface area contributed by atoms with Gasteiger partial charge in [-0.05, 0) is 47.4 Å². The molecule has 25 heavy (non-hydrogen) atoms. The number of amides is 1. The summed E-state index contributed by atoms with van der Waals surface area (Å²) >= 11 is 2.56. The van der Waals surface area contributed by atoms with Crippen LogP contribution in [-0.2, 0) is 4.79 Å². The first-order valence-corrected chi connectivity index (χ1v) is 9.21. The maximum Gasteiger partial charge on any atom is 0.235 e. The average Bonchev–Trinajstić information content (AvgIpc) is 3.22. The van der Waals surface area contributed by atoms with Gasteiger partial charge in [0, 0.05) is 0 Å². The van der Waals surface area contributed by atoms with Gasteiger partial charge in [-0.3, -0.25) is 4.79 Å². The van der Waals surface area contributed by atoms with Crippen molar-refractivity contribution in [1.29, 1.82) is 5.26 Å². The Bertz CT molecular complexity index is 956. The molecule has 0 bridgehead atoms. The predicted molar refractivity (Wildman–Crippen MR) is 97.0 cm³/mol. The van der Waals surface area contributed by atoms with Crippen molar-refractivity contribution in [2.45, 2.75) is 19.0 Å². The summed E-state index contributed by atoms with van der Waals surface area (Å²) < 4.78 is 1.62. The summed E-state index contributed by atoms with van der Waals surface area (Å²) in [5.74, 6) is -0.0623. The fourth-order valence-electron chi connectivity index (χ4n) is 2.25. The zero-order valence-electron chi connectivity index (χ0n) is 13.6. The third kappa shape index (κ3) is 3.87. The van der Waals surface area contributed by atoms with Crippen molar-refractivity contribution in [3.8, 4) is 11.8 Å². The van der Waals surface area contributed by atoms with Gasteiger partial charge in [0.2, 0.25) is 11.1 Å². The molecule has 0 aliphatic heterocycles. The number of nitriles is 1. The van der Waals surface area contributed by atoms with Gasteiger partial charge in [0.15, 0.2) is 0 Å². The fourth-order valence-corrected chi connectivity index (χ4v) is 3.69. The second-order valence-electron chi connectivity index (χ2n) is 5.28. The standard InChI is InChI=1S/C16H14N6OS2/c1-10-3-4-13(11(2)7-10)22-16(19-20-21-22)25-9-14(23)18-15-12(8-17)5-6-24-15/h3-7H,9H2,1-2H3,(H,18,23). The average molecular weight is 370 g/mol. The number of nitrogens with zero attached hydrogens (tertiary/aromatic N) is 5. The summed E-state index contributed by atoms with van der Waals surface area (Å²) in [6.07, 6.45) is 0. The van der Waals surface area contributed by atoms with Gasteiger partial charge in [0.1, 0.15) is 11.1 Å². The molecule has 3 aromatic rings. The Morgan fingerprint density at radius 1 is 1.40 bits per heavy atom. The molecule has 0 saturated heterocycles. The molecular formula is C16H14N6OS2. The minimum atomic E-state index is -0.209. The lowest BCUT2D eigenvalue weighted by molar-refractivity contribution is -0.113. The van der Waals surface area contributed by atoms with Crippen LogP contribution in [0.1, 0.15) is 16.7 Å². The van der Waals surface area contributed by atoms with Crippen molar-refractivity contribution < 1.29 is 4.79 Å². The summed E-state index contributed by atoms with van der Waals surface area (Å²) in [6, 6.07) is 9.72. The Morgan fingerprint density at radius 2 is 2.24 bits per heavy atom. The fraction of sp³-hybridized carbons (Fsp3) is 0.188. The molecule has 0 aliphatic rings. The number of rotatable bonds is 5. The smallest absolute Gasteiger partial charge is 0.235 e. The number of benzene rings is 1. The van der Waals surface area contributed by atoms with Crippen molar-refractivity contribution in [3.05, 3.63) is 46.3 Å². The van der Waals surface area contributed by atoms with Crippen LogP contribution in [0.4, 0.5) is 5.00 Å². The first-order valence-electron chi connectivity index (χ1n) is 7.34. The van der Waals surface area contributed by atoms with E-state index in [2.05, 4.69) is 26.9 Å². The Kier molecular flexibility index (Phi) is 5.11. The van der Waals surface area contributed by atoms with Crippen LogP contribution < -0.4 is 5.32 Å². The second-order valence-corrected chi connectivity index (χ2v) is 7.13. The highest BCUT2D eigenvalue weighted by atomic mass is 32.2. The first kappa shape index (κ1) is 17.1. The molecule has 2 aromatic heterocycles. The van der Waals surface area contributed by atoms with Crippen LogP contribution in [0.15, 0.2) is 34.8 Å². The van der Waals surface area contributed by atoms with E-state index < -0.39 is 0 Å². The van der Waals surface area contributed by atoms with Crippen LogP contribution in [0.3, 0.4) is 0 Å². The number of tetrazole rings is 1. The third-order valence-electron chi connectivity index (χ3n) is 3.39. The number of anilines is 1. The number of thioether (sulfide) groups is 1. The molecule has 2 heterocycles. The van der Waals surface area contributed by atoms with Crippen LogP contribution in [-0.4, -0.2) is 31.9 Å². The number of hydrogen-bond donors (Lipinski definition) is 1. The highest BCUT2D eigenvalue weighted by molar-refractivity contribution is 7.99. The normalized spacial score (nSPS) is 10.4. The number of carbonyl (C=O) groups excluding carboxylic acids is 1. The predicted octanol–water partition coefficient (Wildman–Crippen LogP) is 2.94. The van der Waals surface area contributed by atoms with E-state index in [9.17, 15) is 4.79 Å². The van der Waals surface area contributed by atoms with E-state index in [4.69, 9.17) is 5.26 Å². The van der Waals surface area contributed by atoms with Gasteiger partial charge < -0.3 is 5.32 Å². The Labute approximate surface area is 152 Å². The zero-order valence-corrected chi connectivity index (χ0v) is 15.2. The SMILES string of the molecule is Cc1ccc(-n2nnnc2SCC(=O)Nc2sccc2C#N)c(C)c1. The molecule has 1 N–H and O–H groups in total. The molecule has 0 spiro atoms. The summed E-state index contributed by atoms with van der Waals surface area (Å²) in [4.78, 5) is 12.1. The van der Waals surface area contributed by atoms with E-state index >= 15 is 0 Å². The number of hydrogen-bond acceptors (Lipinski definition) is 7. The minimum absolute atomic E-state index is 0.147. The molecule has 0 saturated carbocycles. The summed E-state index contributed by atoms with van der Waals surface area (Å²) in [6.45, 7) is 4.02. The van der Waals surface area contributed by atoms with Gasteiger partial charge in [0.25, 0.3) is 0 Å². The highest BCUT2D eigenvalue weighted by Crippen LogP contribution is 2.24. The third-order valence-corrected chi connectivity index (χ3v) is 5.14. The molecule has 0 radical (unpaired) electrons. The number of nitrogens with one attached hydrogen (secondary N) is 1. The number of thiophene rings is 1. The maximum absolute atomic E-state index is 12.1. The number of aryl methyl sites for hydroxylation is 2. The minimum Gasteiger partial charge on any atom is -0.316 e. The van der Waals surface area contributed by atoms with Crippen LogP contribution in [0.2, 0.25) is 0 Å². The topological polar surface area (TPSA) is 96.5 Å². The van der Waals surface area contributed by atoms with Crippen molar-refractivity contribution in [3.63, 3.8) is 0 Å². The Morgan fingerprint density at radius 3 is 3.00 bits per heavy atom. The molecular weight excluding hydrogens is 356 g/mol. The van der Waals surface area contributed by atoms with Gasteiger partial charge in [0.05, 0.1) is 17.0 Å². The lowest BCUT2D eigenvalue weighted by atomic mass is 10.1.